The van der Waals surface area contributed by atoms with Gasteiger partial charge in [0.2, 0.25) is 5.91 Å². The van der Waals surface area contributed by atoms with E-state index >= 15 is 0 Å². The van der Waals surface area contributed by atoms with E-state index in [1.165, 1.54) is 0 Å². The van der Waals surface area contributed by atoms with Gasteiger partial charge in [-0.1, -0.05) is 30.3 Å². The van der Waals surface area contributed by atoms with E-state index in [0.717, 1.165) is 18.7 Å². The lowest BCUT2D eigenvalue weighted by Crippen LogP contribution is -2.51. The second-order valence-electron chi connectivity index (χ2n) is 7.12. The van der Waals surface area contributed by atoms with E-state index in [-0.39, 0.29) is 5.91 Å². The van der Waals surface area contributed by atoms with Gasteiger partial charge in [-0.15, -0.1) is 0 Å². The van der Waals surface area contributed by atoms with E-state index in [1.807, 2.05) is 37.4 Å². The van der Waals surface area contributed by atoms with Crippen LogP contribution in [0.5, 0.6) is 0 Å². The molecule has 0 bridgehead atoms. The molecule has 2 amide bonds. The summed E-state index contributed by atoms with van der Waals surface area (Å²) < 4.78 is 5.32. The standard InChI is InChI=1S/C18H27N3O3/c1-18(2,3)24-17(23)19-15(14-8-6-5-7-9-14)16(22)21-12-10-20(4)11-13-21/h5-9,15H,10-13H2,1-4H3,(H,19,23)/t15-/m0/s1. The van der Waals surface area contributed by atoms with Crippen LogP contribution in [0, 0.1) is 0 Å². The molecule has 1 aliphatic heterocycles. The SMILES string of the molecule is CN1CCN(C(=O)[C@@H](NC(=O)OC(C)(C)C)c2ccccc2)CC1. The summed E-state index contributed by atoms with van der Waals surface area (Å²) >= 11 is 0. The zero-order valence-corrected chi connectivity index (χ0v) is 14.9. The first kappa shape index (κ1) is 18.3. The number of hydrogen-bond acceptors (Lipinski definition) is 4. The Morgan fingerprint density at radius 1 is 1.08 bits per heavy atom. The van der Waals surface area contributed by atoms with Crippen LogP contribution in [0.25, 0.3) is 0 Å². The molecule has 1 aromatic carbocycles. The molecule has 0 aliphatic carbocycles. The number of rotatable bonds is 3. The van der Waals surface area contributed by atoms with E-state index in [0.29, 0.717) is 13.1 Å². The van der Waals surface area contributed by atoms with Crippen molar-refractivity contribution in [3.05, 3.63) is 35.9 Å². The molecule has 0 aromatic heterocycles. The molecule has 1 N–H and O–H groups in total. The summed E-state index contributed by atoms with van der Waals surface area (Å²) in [7, 11) is 2.04. The normalized spacial score (nSPS) is 17.2. The molecule has 24 heavy (non-hydrogen) atoms. The number of amides is 2. The average Bonchev–Trinajstić information content (AvgIpc) is 2.52. The molecule has 6 heteroatoms. The zero-order valence-electron chi connectivity index (χ0n) is 14.9. The van der Waals surface area contributed by atoms with Crippen LogP contribution in [0.15, 0.2) is 30.3 Å². The van der Waals surface area contributed by atoms with Gasteiger partial charge in [0.15, 0.2) is 0 Å². The van der Waals surface area contributed by atoms with Crippen molar-refractivity contribution < 1.29 is 14.3 Å². The topological polar surface area (TPSA) is 61.9 Å². The Kier molecular flexibility index (Phi) is 5.83. The van der Waals surface area contributed by atoms with Gasteiger partial charge in [-0.2, -0.15) is 0 Å². The van der Waals surface area contributed by atoms with E-state index in [1.54, 1.807) is 25.7 Å². The largest absolute Gasteiger partial charge is 0.444 e. The number of nitrogens with zero attached hydrogens (tertiary/aromatic N) is 2. The first-order valence-electron chi connectivity index (χ1n) is 8.28. The number of nitrogens with one attached hydrogen (secondary N) is 1. The maximum Gasteiger partial charge on any atom is 0.408 e. The van der Waals surface area contributed by atoms with Gasteiger partial charge in [-0.05, 0) is 33.4 Å². The number of ether oxygens (including phenoxy) is 1. The number of piperazine rings is 1. The van der Waals surface area contributed by atoms with Gasteiger partial charge in [0.05, 0.1) is 0 Å². The van der Waals surface area contributed by atoms with Crippen molar-refractivity contribution >= 4 is 12.0 Å². The van der Waals surface area contributed by atoms with Crippen LogP contribution in [-0.4, -0.2) is 60.6 Å². The molecule has 0 spiro atoms. The summed E-state index contributed by atoms with van der Waals surface area (Å²) in [6.45, 7) is 8.38. The second kappa shape index (κ2) is 7.66. The average molecular weight is 333 g/mol. The number of hydrogen-bond donors (Lipinski definition) is 1. The van der Waals surface area contributed by atoms with Crippen LogP contribution >= 0.6 is 0 Å². The van der Waals surface area contributed by atoms with E-state index in [2.05, 4.69) is 10.2 Å². The molecule has 1 aliphatic rings. The highest BCUT2D eigenvalue weighted by atomic mass is 16.6. The van der Waals surface area contributed by atoms with Crippen LogP contribution in [0.1, 0.15) is 32.4 Å². The monoisotopic (exact) mass is 333 g/mol. The number of alkyl carbamates (subject to hydrolysis) is 1. The maximum atomic E-state index is 12.9. The minimum atomic E-state index is -0.732. The maximum absolute atomic E-state index is 12.9. The fourth-order valence-corrected chi connectivity index (χ4v) is 2.57. The number of likely N-dealkylation sites (N-methyl/N-ethyl adjacent to an activating group) is 1. The molecule has 1 fully saturated rings. The first-order valence-corrected chi connectivity index (χ1v) is 8.28. The van der Waals surface area contributed by atoms with Crippen LogP contribution in [0.3, 0.4) is 0 Å². The van der Waals surface area contributed by atoms with Crippen molar-refractivity contribution in [2.75, 3.05) is 33.2 Å². The van der Waals surface area contributed by atoms with Crippen molar-refractivity contribution in [2.45, 2.75) is 32.4 Å². The molecule has 1 saturated heterocycles. The minimum Gasteiger partial charge on any atom is -0.444 e. The van der Waals surface area contributed by atoms with Gasteiger partial charge in [0, 0.05) is 26.2 Å². The second-order valence-corrected chi connectivity index (χ2v) is 7.12. The molecule has 132 valence electrons. The van der Waals surface area contributed by atoms with Gasteiger partial charge in [-0.25, -0.2) is 4.79 Å². The fourth-order valence-electron chi connectivity index (χ4n) is 2.57. The lowest BCUT2D eigenvalue weighted by molar-refractivity contribution is -0.135. The Morgan fingerprint density at radius 2 is 1.67 bits per heavy atom. The summed E-state index contributed by atoms with van der Waals surface area (Å²) in [4.78, 5) is 29.1. The van der Waals surface area contributed by atoms with Gasteiger partial charge in [0.25, 0.3) is 0 Å². The third-order valence-corrected chi connectivity index (χ3v) is 3.86. The van der Waals surface area contributed by atoms with Crippen LogP contribution < -0.4 is 5.32 Å². The fraction of sp³-hybridized carbons (Fsp3) is 0.556. The Balaban J connectivity index is 2.14. The Bertz CT molecular complexity index is 561. The molecule has 0 radical (unpaired) electrons. The molecule has 1 atom stereocenters. The molecular weight excluding hydrogens is 306 g/mol. The highest BCUT2D eigenvalue weighted by Gasteiger charge is 2.30. The summed E-state index contributed by atoms with van der Waals surface area (Å²) in [6.07, 6.45) is -0.584. The van der Waals surface area contributed by atoms with Crippen LogP contribution in [0.4, 0.5) is 4.79 Å². The van der Waals surface area contributed by atoms with Crippen molar-refractivity contribution in [2.24, 2.45) is 0 Å². The number of carbonyl (C=O) groups is 2. The Hall–Kier alpha value is -2.08. The molecule has 0 unspecified atom stereocenters. The smallest absolute Gasteiger partial charge is 0.408 e. The third-order valence-electron chi connectivity index (χ3n) is 3.86. The predicted molar refractivity (Wildman–Crippen MR) is 92.6 cm³/mol. The summed E-state index contributed by atoms with van der Waals surface area (Å²) in [6, 6.07) is 8.55. The van der Waals surface area contributed by atoms with E-state index < -0.39 is 17.7 Å². The van der Waals surface area contributed by atoms with Crippen LogP contribution in [0.2, 0.25) is 0 Å². The van der Waals surface area contributed by atoms with Gasteiger partial charge in [-0.3, -0.25) is 4.79 Å². The lowest BCUT2D eigenvalue weighted by atomic mass is 10.1. The van der Waals surface area contributed by atoms with Crippen molar-refractivity contribution in [3.63, 3.8) is 0 Å². The molecule has 6 nitrogen and oxygen atoms in total. The lowest BCUT2D eigenvalue weighted by Gasteiger charge is -2.35. The van der Waals surface area contributed by atoms with Crippen molar-refractivity contribution in [3.8, 4) is 0 Å². The van der Waals surface area contributed by atoms with Gasteiger partial charge < -0.3 is 19.9 Å². The summed E-state index contributed by atoms with van der Waals surface area (Å²) in [5.41, 5.74) is 0.148. The Morgan fingerprint density at radius 3 is 2.21 bits per heavy atom. The molecule has 1 aromatic rings. The highest BCUT2D eigenvalue weighted by Crippen LogP contribution is 2.18. The predicted octanol–water partition coefficient (Wildman–Crippen LogP) is 2.03. The Labute approximate surface area is 143 Å². The molecule has 1 heterocycles. The molecule has 2 rings (SSSR count). The number of benzene rings is 1. The van der Waals surface area contributed by atoms with Gasteiger partial charge in [0.1, 0.15) is 11.6 Å². The summed E-state index contributed by atoms with van der Waals surface area (Å²) in [5, 5.41) is 2.73. The van der Waals surface area contributed by atoms with Crippen molar-refractivity contribution in [1.82, 2.24) is 15.1 Å². The first-order chi connectivity index (χ1) is 11.3. The minimum absolute atomic E-state index is 0.0971. The van der Waals surface area contributed by atoms with Crippen molar-refractivity contribution in [1.29, 1.82) is 0 Å². The van der Waals surface area contributed by atoms with E-state index in [4.69, 9.17) is 4.74 Å². The van der Waals surface area contributed by atoms with E-state index in [9.17, 15) is 9.59 Å². The molecule has 0 saturated carbocycles. The highest BCUT2D eigenvalue weighted by molar-refractivity contribution is 5.87. The summed E-state index contributed by atoms with van der Waals surface area (Å²) in [5.74, 6) is -0.0971. The van der Waals surface area contributed by atoms with Gasteiger partial charge >= 0.3 is 6.09 Å². The zero-order chi connectivity index (χ0) is 17.7. The quantitative estimate of drug-likeness (QED) is 0.919. The van der Waals surface area contributed by atoms with Crippen LogP contribution in [-0.2, 0) is 9.53 Å². The number of carbonyl (C=O) groups excluding carboxylic acids is 2. The third kappa shape index (κ3) is 5.23. The molecular formula is C18H27N3O3.